The maximum absolute atomic E-state index is 5.28. The van der Waals surface area contributed by atoms with Crippen LogP contribution in [0, 0.1) is 11.7 Å². The van der Waals surface area contributed by atoms with Gasteiger partial charge in [-0.2, -0.15) is 5.10 Å². The van der Waals surface area contributed by atoms with E-state index in [1.165, 1.54) is 5.56 Å². The van der Waals surface area contributed by atoms with E-state index in [2.05, 4.69) is 49.2 Å². The molecule has 1 heterocycles. The van der Waals surface area contributed by atoms with Crippen LogP contribution in [-0.2, 0) is 5.41 Å². The molecule has 0 atom stereocenters. The lowest BCUT2D eigenvalue weighted by Crippen LogP contribution is -2.15. The Labute approximate surface area is 106 Å². The van der Waals surface area contributed by atoms with Crippen molar-refractivity contribution in [3.63, 3.8) is 0 Å². The van der Waals surface area contributed by atoms with Gasteiger partial charge in [-0.25, -0.2) is 0 Å². The van der Waals surface area contributed by atoms with Crippen molar-refractivity contribution in [3.8, 4) is 5.69 Å². The Balaban J connectivity index is 2.73. The van der Waals surface area contributed by atoms with Crippen molar-refractivity contribution in [3.05, 3.63) is 40.4 Å². The van der Waals surface area contributed by atoms with Crippen LogP contribution in [0.3, 0.4) is 0 Å². The summed E-state index contributed by atoms with van der Waals surface area (Å²) in [4.78, 5) is 0. The van der Waals surface area contributed by atoms with Crippen LogP contribution in [0.4, 0.5) is 0 Å². The minimum atomic E-state index is 0.0784. The van der Waals surface area contributed by atoms with E-state index in [4.69, 9.17) is 12.2 Å². The lowest BCUT2D eigenvalue weighted by Gasteiger charge is -2.23. The average Bonchev–Trinajstić information content (AvgIpc) is 2.57. The molecule has 0 saturated carbocycles. The van der Waals surface area contributed by atoms with E-state index >= 15 is 0 Å². The van der Waals surface area contributed by atoms with Gasteiger partial charge in [0.2, 0.25) is 0 Å². The molecule has 1 aromatic heterocycles. The molecule has 2 aromatic rings. The highest BCUT2D eigenvalue weighted by molar-refractivity contribution is 7.71. The second-order valence-electron chi connectivity index (χ2n) is 5.18. The Hall–Kier alpha value is -1.42. The van der Waals surface area contributed by atoms with Gasteiger partial charge < -0.3 is 0 Å². The van der Waals surface area contributed by atoms with Gasteiger partial charge in [0.15, 0.2) is 4.77 Å². The summed E-state index contributed by atoms with van der Waals surface area (Å²) >= 11 is 5.28. The minimum Gasteiger partial charge on any atom is -0.272 e. The molecule has 0 saturated heterocycles. The number of aryl methyl sites for hydroxylation is 1. The normalized spacial score (nSPS) is 11.8. The summed E-state index contributed by atoms with van der Waals surface area (Å²) in [6, 6.07) is 8.31. The maximum Gasteiger partial charge on any atom is 0.199 e. The zero-order valence-corrected chi connectivity index (χ0v) is 11.4. The van der Waals surface area contributed by atoms with Gasteiger partial charge in [0, 0.05) is 0 Å². The first kappa shape index (κ1) is 12.0. The van der Waals surface area contributed by atoms with Crippen LogP contribution in [0.5, 0.6) is 0 Å². The lowest BCUT2D eigenvalue weighted by molar-refractivity contribution is 0.585. The van der Waals surface area contributed by atoms with E-state index in [9.17, 15) is 0 Å². The summed E-state index contributed by atoms with van der Waals surface area (Å²) < 4.78 is 2.62. The van der Waals surface area contributed by atoms with Gasteiger partial charge in [0.1, 0.15) is 5.82 Å². The van der Waals surface area contributed by atoms with Crippen LogP contribution >= 0.6 is 12.2 Å². The molecule has 0 amide bonds. The van der Waals surface area contributed by atoms with Crippen molar-refractivity contribution >= 4 is 12.2 Å². The lowest BCUT2D eigenvalue weighted by atomic mass is 9.86. The monoisotopic (exact) mass is 247 g/mol. The molecular weight excluding hydrogens is 230 g/mol. The molecule has 4 heteroatoms. The van der Waals surface area contributed by atoms with E-state index in [0.717, 1.165) is 11.5 Å². The fraction of sp³-hybridized carbons (Fsp3) is 0.385. The van der Waals surface area contributed by atoms with Crippen LogP contribution in [-0.4, -0.2) is 14.8 Å². The van der Waals surface area contributed by atoms with E-state index in [-0.39, 0.29) is 5.41 Å². The van der Waals surface area contributed by atoms with Gasteiger partial charge in [0.25, 0.3) is 0 Å². The number of aromatic amines is 1. The summed E-state index contributed by atoms with van der Waals surface area (Å²) in [6.07, 6.45) is 0. The van der Waals surface area contributed by atoms with Crippen molar-refractivity contribution in [1.29, 1.82) is 0 Å². The molecule has 1 aromatic carbocycles. The molecule has 0 aliphatic heterocycles. The number of H-pyrrole nitrogens is 1. The number of aromatic nitrogens is 3. The SMILES string of the molecule is Cc1n[nH]c(=S)n1-c1ccccc1C(C)(C)C. The molecule has 90 valence electrons. The molecule has 17 heavy (non-hydrogen) atoms. The van der Waals surface area contributed by atoms with Gasteiger partial charge in [-0.1, -0.05) is 39.0 Å². The van der Waals surface area contributed by atoms with Crippen LogP contribution < -0.4 is 0 Å². The first-order valence-electron chi connectivity index (χ1n) is 5.65. The second-order valence-corrected chi connectivity index (χ2v) is 5.57. The van der Waals surface area contributed by atoms with Crippen molar-refractivity contribution in [2.24, 2.45) is 0 Å². The quantitative estimate of drug-likeness (QED) is 0.782. The molecule has 3 nitrogen and oxygen atoms in total. The van der Waals surface area contributed by atoms with Gasteiger partial charge in [-0.3, -0.25) is 9.67 Å². The number of hydrogen-bond acceptors (Lipinski definition) is 2. The number of nitrogens with one attached hydrogen (secondary N) is 1. The minimum absolute atomic E-state index is 0.0784. The van der Waals surface area contributed by atoms with E-state index in [0.29, 0.717) is 4.77 Å². The van der Waals surface area contributed by atoms with Gasteiger partial charge in [-0.05, 0) is 36.2 Å². The van der Waals surface area contributed by atoms with Crippen molar-refractivity contribution in [1.82, 2.24) is 14.8 Å². The fourth-order valence-corrected chi connectivity index (χ4v) is 2.24. The third-order valence-corrected chi connectivity index (χ3v) is 3.07. The van der Waals surface area contributed by atoms with Crippen molar-refractivity contribution < 1.29 is 0 Å². The van der Waals surface area contributed by atoms with Crippen LogP contribution in [0.25, 0.3) is 5.69 Å². The molecule has 0 spiro atoms. The fourth-order valence-electron chi connectivity index (χ4n) is 1.96. The Kier molecular flexibility index (Phi) is 2.91. The molecular formula is C13H17N3S. The second kappa shape index (κ2) is 4.11. The van der Waals surface area contributed by atoms with E-state index in [1.54, 1.807) is 0 Å². The largest absolute Gasteiger partial charge is 0.272 e. The van der Waals surface area contributed by atoms with Crippen LogP contribution in [0.2, 0.25) is 0 Å². The third-order valence-electron chi connectivity index (χ3n) is 2.79. The number of hydrogen-bond donors (Lipinski definition) is 1. The standard InChI is InChI=1S/C13H17N3S/c1-9-14-15-12(17)16(9)11-8-6-5-7-10(11)13(2,3)4/h5-8H,1-4H3,(H,15,17). The van der Waals surface area contributed by atoms with Gasteiger partial charge in [-0.15, -0.1) is 0 Å². The molecule has 0 aliphatic rings. The third kappa shape index (κ3) is 2.17. The summed E-state index contributed by atoms with van der Waals surface area (Å²) in [5.74, 6) is 0.881. The predicted octanol–water partition coefficient (Wildman–Crippen LogP) is 3.54. The predicted molar refractivity (Wildman–Crippen MR) is 72.2 cm³/mol. The van der Waals surface area contributed by atoms with E-state index < -0.39 is 0 Å². The van der Waals surface area contributed by atoms with Crippen LogP contribution in [0.15, 0.2) is 24.3 Å². The topological polar surface area (TPSA) is 33.6 Å². The first-order valence-corrected chi connectivity index (χ1v) is 6.06. The zero-order chi connectivity index (χ0) is 12.6. The Morgan fingerprint density at radius 3 is 2.41 bits per heavy atom. The highest BCUT2D eigenvalue weighted by atomic mass is 32.1. The molecule has 1 N–H and O–H groups in total. The van der Waals surface area contributed by atoms with Crippen LogP contribution in [0.1, 0.15) is 32.2 Å². The molecule has 0 radical (unpaired) electrons. The van der Waals surface area contributed by atoms with Crippen molar-refractivity contribution in [2.45, 2.75) is 33.1 Å². The Morgan fingerprint density at radius 2 is 1.88 bits per heavy atom. The first-order chi connectivity index (χ1) is 7.91. The van der Waals surface area contributed by atoms with Crippen molar-refractivity contribution in [2.75, 3.05) is 0 Å². The Bertz CT molecular complexity index is 587. The number of benzene rings is 1. The molecule has 0 bridgehead atoms. The molecule has 0 unspecified atom stereocenters. The average molecular weight is 247 g/mol. The summed E-state index contributed by atoms with van der Waals surface area (Å²) in [5.41, 5.74) is 2.45. The zero-order valence-electron chi connectivity index (χ0n) is 10.6. The van der Waals surface area contributed by atoms with E-state index in [1.807, 2.05) is 17.6 Å². The summed E-state index contributed by atoms with van der Waals surface area (Å²) in [5, 5.41) is 6.99. The van der Waals surface area contributed by atoms with Gasteiger partial charge in [0.05, 0.1) is 5.69 Å². The molecule has 0 aliphatic carbocycles. The smallest absolute Gasteiger partial charge is 0.199 e. The number of para-hydroxylation sites is 1. The molecule has 0 fully saturated rings. The maximum atomic E-state index is 5.28. The highest BCUT2D eigenvalue weighted by Crippen LogP contribution is 2.28. The summed E-state index contributed by atoms with van der Waals surface area (Å²) in [6.45, 7) is 8.55. The summed E-state index contributed by atoms with van der Waals surface area (Å²) in [7, 11) is 0. The number of nitrogens with zero attached hydrogens (tertiary/aromatic N) is 2. The highest BCUT2D eigenvalue weighted by Gasteiger charge is 2.19. The number of rotatable bonds is 1. The van der Waals surface area contributed by atoms with Gasteiger partial charge >= 0.3 is 0 Å². The molecule has 2 rings (SSSR count). The Morgan fingerprint density at radius 1 is 1.24 bits per heavy atom.